The smallest absolute Gasteiger partial charge is 0.321 e. The summed E-state index contributed by atoms with van der Waals surface area (Å²) in [7, 11) is -8.54. The van der Waals surface area contributed by atoms with Gasteiger partial charge in [-0.3, -0.25) is 9.13 Å². The summed E-state index contributed by atoms with van der Waals surface area (Å²) in [6.07, 6.45) is 3.40. The summed E-state index contributed by atoms with van der Waals surface area (Å²) >= 11 is 0. The van der Waals surface area contributed by atoms with Crippen LogP contribution in [0, 0.1) is 0 Å². The Morgan fingerprint density at radius 1 is 0.600 bits per heavy atom. The van der Waals surface area contributed by atoms with Gasteiger partial charge in [0.05, 0.1) is 10.6 Å². The van der Waals surface area contributed by atoms with Gasteiger partial charge in [-0.15, -0.1) is 0 Å². The van der Waals surface area contributed by atoms with Gasteiger partial charge in [0.2, 0.25) is 0 Å². The van der Waals surface area contributed by atoms with Crippen LogP contribution in [0.25, 0.3) is 0 Å². The maximum atomic E-state index is 11.5. The number of unbranched alkanes of at least 4 members (excludes halogenated alkanes) is 2. The molecule has 0 aromatic heterocycles. The Kier molecular flexibility index (Phi) is 6.75. The molecular weight excluding hydrogens is 362 g/mol. The monoisotopic (exact) mass is 384 g/mol. The second kappa shape index (κ2) is 8.41. The molecule has 2 rings (SSSR count). The van der Waals surface area contributed by atoms with Gasteiger partial charge in [0.15, 0.2) is 0 Å². The van der Waals surface area contributed by atoms with Gasteiger partial charge in [-0.05, 0) is 48.9 Å². The molecule has 0 bridgehead atoms. The summed E-state index contributed by atoms with van der Waals surface area (Å²) in [6.45, 7) is 0. The van der Waals surface area contributed by atoms with Crippen molar-refractivity contribution in [3.63, 3.8) is 0 Å². The Hall–Kier alpha value is -1.26. The van der Waals surface area contributed by atoms with Crippen LogP contribution >= 0.6 is 15.2 Å². The normalized spacial score (nSPS) is 12.3. The lowest BCUT2D eigenvalue weighted by molar-refractivity contribution is 0.385. The lowest BCUT2D eigenvalue weighted by atomic mass is 10.0. The van der Waals surface area contributed by atoms with E-state index in [1.54, 1.807) is 36.4 Å². The van der Waals surface area contributed by atoms with E-state index in [2.05, 4.69) is 0 Å². The summed E-state index contributed by atoms with van der Waals surface area (Å²) in [4.78, 5) is 37.5. The van der Waals surface area contributed by atoms with E-state index < -0.39 is 15.2 Å². The average molecular weight is 384 g/mol. The molecule has 0 aliphatic rings. The van der Waals surface area contributed by atoms with E-state index in [4.69, 9.17) is 0 Å². The van der Waals surface area contributed by atoms with Crippen LogP contribution in [-0.4, -0.2) is 19.6 Å². The molecule has 0 atom stereocenters. The minimum Gasteiger partial charge on any atom is -0.321 e. The van der Waals surface area contributed by atoms with Crippen molar-refractivity contribution in [3.05, 3.63) is 59.7 Å². The van der Waals surface area contributed by atoms with Crippen molar-refractivity contribution in [2.45, 2.75) is 32.1 Å². The van der Waals surface area contributed by atoms with Gasteiger partial charge in [-0.1, -0.05) is 42.8 Å². The first-order chi connectivity index (χ1) is 11.7. The number of hydrogen-bond acceptors (Lipinski definition) is 2. The number of rotatable bonds is 8. The Labute approximate surface area is 146 Å². The van der Waals surface area contributed by atoms with Crippen molar-refractivity contribution < 1.29 is 28.7 Å². The molecule has 2 aromatic carbocycles. The summed E-state index contributed by atoms with van der Waals surface area (Å²) in [5.74, 6) is 0. The standard InChI is InChI=1S/C17H22O6P2/c18-24(19,20)16-12-6-4-10-14(16)8-2-1-3-9-15-11-5-7-13-17(15)25(21,22)23/h4-7,10-13H,1-3,8-9H2,(H2,18,19,20)(H2,21,22,23). The number of benzene rings is 2. The van der Waals surface area contributed by atoms with Crippen LogP contribution in [0.1, 0.15) is 30.4 Å². The zero-order valence-electron chi connectivity index (χ0n) is 13.7. The van der Waals surface area contributed by atoms with Crippen molar-refractivity contribution in [2.24, 2.45) is 0 Å². The molecule has 0 fully saturated rings. The zero-order valence-corrected chi connectivity index (χ0v) is 15.4. The molecule has 0 radical (unpaired) electrons. The highest BCUT2D eigenvalue weighted by Gasteiger charge is 2.21. The van der Waals surface area contributed by atoms with Crippen LogP contribution in [0.3, 0.4) is 0 Å². The van der Waals surface area contributed by atoms with E-state index in [9.17, 15) is 28.7 Å². The summed E-state index contributed by atoms with van der Waals surface area (Å²) in [5.41, 5.74) is 1.29. The van der Waals surface area contributed by atoms with Gasteiger partial charge in [-0.2, -0.15) is 0 Å². The van der Waals surface area contributed by atoms with E-state index in [0.29, 0.717) is 24.0 Å². The molecule has 0 saturated heterocycles. The Morgan fingerprint density at radius 3 is 1.32 bits per heavy atom. The molecule has 136 valence electrons. The first kappa shape index (κ1) is 20.1. The predicted molar refractivity (Wildman–Crippen MR) is 97.5 cm³/mol. The van der Waals surface area contributed by atoms with Crippen LogP contribution in [-0.2, 0) is 22.0 Å². The summed E-state index contributed by atoms with van der Waals surface area (Å²) < 4.78 is 23.0. The van der Waals surface area contributed by atoms with Crippen molar-refractivity contribution in [3.8, 4) is 0 Å². The molecular formula is C17H22O6P2. The van der Waals surface area contributed by atoms with Crippen LogP contribution in [0.4, 0.5) is 0 Å². The van der Waals surface area contributed by atoms with Gasteiger partial charge < -0.3 is 19.6 Å². The largest absolute Gasteiger partial charge is 0.356 e. The van der Waals surface area contributed by atoms with Gasteiger partial charge >= 0.3 is 15.2 Å². The molecule has 0 unspecified atom stereocenters. The molecule has 4 N–H and O–H groups in total. The second-order valence-corrected chi connectivity index (χ2v) is 9.05. The second-order valence-electron chi connectivity index (χ2n) is 5.91. The lowest BCUT2D eigenvalue weighted by Crippen LogP contribution is -2.11. The fraction of sp³-hybridized carbons (Fsp3) is 0.294. The maximum absolute atomic E-state index is 11.5. The molecule has 8 heteroatoms. The third-order valence-corrected chi connectivity index (χ3v) is 6.13. The quantitative estimate of drug-likeness (QED) is 0.410. The molecule has 0 spiro atoms. The number of hydrogen-bond donors (Lipinski definition) is 4. The van der Waals surface area contributed by atoms with Crippen LogP contribution in [0.15, 0.2) is 48.5 Å². The minimum atomic E-state index is -4.27. The summed E-state index contributed by atoms with van der Waals surface area (Å²) in [5, 5.41) is 0.142. The van der Waals surface area contributed by atoms with Gasteiger partial charge in [0.25, 0.3) is 0 Å². The molecule has 0 heterocycles. The van der Waals surface area contributed by atoms with E-state index in [1.807, 2.05) is 0 Å². The minimum absolute atomic E-state index is 0.0712. The fourth-order valence-electron chi connectivity index (χ4n) is 2.82. The van der Waals surface area contributed by atoms with Crippen LogP contribution in [0.2, 0.25) is 0 Å². The molecule has 6 nitrogen and oxygen atoms in total. The Balaban J connectivity index is 1.90. The van der Waals surface area contributed by atoms with E-state index in [-0.39, 0.29) is 10.6 Å². The topological polar surface area (TPSA) is 115 Å². The highest BCUT2D eigenvalue weighted by Crippen LogP contribution is 2.35. The van der Waals surface area contributed by atoms with Gasteiger partial charge in [0.1, 0.15) is 0 Å². The first-order valence-corrected chi connectivity index (χ1v) is 11.2. The highest BCUT2D eigenvalue weighted by molar-refractivity contribution is 7.60. The van der Waals surface area contributed by atoms with Crippen LogP contribution in [0.5, 0.6) is 0 Å². The Bertz CT molecular complexity index is 741. The lowest BCUT2D eigenvalue weighted by Gasteiger charge is -2.12. The van der Waals surface area contributed by atoms with E-state index >= 15 is 0 Å². The molecule has 2 aromatic rings. The predicted octanol–water partition coefficient (Wildman–Crippen LogP) is 2.25. The molecule has 0 aliphatic carbocycles. The molecule has 0 amide bonds. The molecule has 25 heavy (non-hydrogen) atoms. The Morgan fingerprint density at radius 2 is 0.960 bits per heavy atom. The van der Waals surface area contributed by atoms with Gasteiger partial charge in [-0.25, -0.2) is 0 Å². The van der Waals surface area contributed by atoms with E-state index in [1.165, 1.54) is 12.1 Å². The molecule has 0 aliphatic heterocycles. The fourth-order valence-corrected chi connectivity index (χ4v) is 4.50. The molecule has 0 saturated carbocycles. The van der Waals surface area contributed by atoms with Crippen molar-refractivity contribution >= 4 is 25.8 Å². The third kappa shape index (κ3) is 5.89. The number of aryl methyl sites for hydroxylation is 2. The highest BCUT2D eigenvalue weighted by atomic mass is 31.2. The maximum Gasteiger partial charge on any atom is 0.356 e. The average Bonchev–Trinajstić information content (AvgIpc) is 2.53. The zero-order chi connectivity index (χ0) is 18.5. The van der Waals surface area contributed by atoms with Crippen LogP contribution < -0.4 is 10.6 Å². The SMILES string of the molecule is O=P(O)(O)c1ccccc1CCCCCc1ccccc1P(=O)(O)O. The first-order valence-electron chi connectivity index (χ1n) is 7.97. The van der Waals surface area contributed by atoms with Gasteiger partial charge in [0, 0.05) is 0 Å². The van der Waals surface area contributed by atoms with Crippen molar-refractivity contribution in [1.29, 1.82) is 0 Å². The van der Waals surface area contributed by atoms with Crippen molar-refractivity contribution in [2.75, 3.05) is 0 Å². The third-order valence-electron chi connectivity index (χ3n) is 4.00. The van der Waals surface area contributed by atoms with E-state index in [0.717, 1.165) is 19.3 Å². The van der Waals surface area contributed by atoms with Crippen molar-refractivity contribution in [1.82, 2.24) is 0 Å². The summed E-state index contributed by atoms with van der Waals surface area (Å²) in [6, 6.07) is 13.1.